The van der Waals surface area contributed by atoms with Gasteiger partial charge in [0.05, 0.1) is 6.04 Å². The molecular formula is C23H30N2O6. The molecule has 0 spiro atoms. The van der Waals surface area contributed by atoms with Crippen LogP contribution in [0.4, 0.5) is 5.69 Å². The van der Waals surface area contributed by atoms with Crippen LogP contribution in [0.3, 0.4) is 0 Å². The van der Waals surface area contributed by atoms with E-state index in [1.165, 1.54) is 11.8 Å². The van der Waals surface area contributed by atoms with Gasteiger partial charge < -0.3 is 15.3 Å². The van der Waals surface area contributed by atoms with Gasteiger partial charge in [0.2, 0.25) is 5.91 Å². The minimum atomic E-state index is -0.961. The zero-order chi connectivity index (χ0) is 23.1. The molecule has 0 aliphatic carbocycles. The number of carboxylic acids is 1. The first-order chi connectivity index (χ1) is 14.6. The third-order valence-electron chi connectivity index (χ3n) is 5.74. The monoisotopic (exact) mass is 430 g/mol. The number of Topliss-reactive ketones (excluding diaryl/α,β-unsaturated/α-hetero) is 2. The molecule has 0 bridgehead atoms. The molecule has 2 rings (SSSR count). The fourth-order valence-corrected chi connectivity index (χ4v) is 3.67. The zero-order valence-electron chi connectivity index (χ0n) is 18.3. The lowest BCUT2D eigenvalue weighted by atomic mass is 9.96. The van der Waals surface area contributed by atoms with Crippen LogP contribution in [0.25, 0.3) is 0 Å². The van der Waals surface area contributed by atoms with E-state index in [9.17, 15) is 24.0 Å². The highest BCUT2D eigenvalue weighted by Crippen LogP contribution is 2.32. The molecule has 1 aliphatic rings. The number of anilines is 1. The number of benzene rings is 1. The van der Waals surface area contributed by atoms with E-state index in [1.807, 2.05) is 13.8 Å². The molecule has 2 atom stereocenters. The number of carbonyl (C=O) groups excluding carboxylic acids is 4. The summed E-state index contributed by atoms with van der Waals surface area (Å²) in [4.78, 5) is 61.7. The summed E-state index contributed by atoms with van der Waals surface area (Å²) in [5.41, 5.74) is 1.52. The largest absolute Gasteiger partial charge is 0.481 e. The highest BCUT2D eigenvalue weighted by molar-refractivity contribution is 6.04. The molecule has 1 aliphatic heterocycles. The van der Waals surface area contributed by atoms with E-state index in [1.54, 1.807) is 18.2 Å². The number of amides is 2. The van der Waals surface area contributed by atoms with Crippen LogP contribution in [0.5, 0.6) is 0 Å². The van der Waals surface area contributed by atoms with Crippen LogP contribution in [-0.2, 0) is 25.7 Å². The Hall–Kier alpha value is -3.03. The minimum absolute atomic E-state index is 0.0570. The number of carbonyl (C=O) groups is 5. The summed E-state index contributed by atoms with van der Waals surface area (Å²) in [5, 5.41) is 11.4. The van der Waals surface area contributed by atoms with E-state index >= 15 is 0 Å². The van der Waals surface area contributed by atoms with Crippen molar-refractivity contribution in [3.8, 4) is 0 Å². The first kappa shape index (κ1) is 24.2. The minimum Gasteiger partial charge on any atom is -0.481 e. The Labute approximate surface area is 182 Å². The lowest BCUT2D eigenvalue weighted by Crippen LogP contribution is -2.40. The molecule has 1 aromatic carbocycles. The van der Waals surface area contributed by atoms with Crippen LogP contribution < -0.4 is 5.32 Å². The number of hydrogen-bond donors (Lipinski definition) is 2. The van der Waals surface area contributed by atoms with Crippen LogP contribution in [0, 0.1) is 5.92 Å². The van der Waals surface area contributed by atoms with Gasteiger partial charge in [-0.3, -0.25) is 24.0 Å². The van der Waals surface area contributed by atoms with Gasteiger partial charge in [0.15, 0.2) is 5.78 Å². The predicted octanol–water partition coefficient (Wildman–Crippen LogP) is 3.19. The Kier molecular flexibility index (Phi) is 8.47. The SMILES string of the molecule is CCC(C)C(=O)CCC(C(C)=O)N1Cc2c(NC(=O)CCCC(=O)O)cccc2C1=O. The summed E-state index contributed by atoms with van der Waals surface area (Å²) < 4.78 is 0. The topological polar surface area (TPSA) is 121 Å². The molecule has 0 aromatic heterocycles. The zero-order valence-corrected chi connectivity index (χ0v) is 18.3. The fourth-order valence-electron chi connectivity index (χ4n) is 3.67. The van der Waals surface area contributed by atoms with Crippen molar-refractivity contribution in [2.75, 3.05) is 5.32 Å². The molecule has 2 amide bonds. The molecule has 168 valence electrons. The third kappa shape index (κ3) is 6.23. The number of rotatable bonds is 12. The first-order valence-electron chi connectivity index (χ1n) is 10.6. The van der Waals surface area contributed by atoms with Gasteiger partial charge in [-0.2, -0.15) is 0 Å². The lowest BCUT2D eigenvalue weighted by Gasteiger charge is -2.26. The van der Waals surface area contributed by atoms with E-state index in [0.29, 0.717) is 16.8 Å². The molecule has 8 heteroatoms. The van der Waals surface area contributed by atoms with Crippen molar-refractivity contribution in [3.63, 3.8) is 0 Å². The fraction of sp³-hybridized carbons (Fsp3) is 0.522. The summed E-state index contributed by atoms with van der Waals surface area (Å²) in [5.74, 6) is -1.78. The molecule has 0 saturated heterocycles. The van der Waals surface area contributed by atoms with Gasteiger partial charge in [0, 0.05) is 48.5 Å². The smallest absolute Gasteiger partial charge is 0.303 e. The van der Waals surface area contributed by atoms with Gasteiger partial charge in [-0.25, -0.2) is 0 Å². The molecule has 31 heavy (non-hydrogen) atoms. The number of nitrogens with zero attached hydrogens (tertiary/aromatic N) is 1. The molecule has 0 saturated carbocycles. The maximum Gasteiger partial charge on any atom is 0.303 e. The van der Waals surface area contributed by atoms with E-state index in [-0.39, 0.29) is 67.9 Å². The Morgan fingerprint density at radius 1 is 1.16 bits per heavy atom. The Morgan fingerprint density at radius 3 is 2.48 bits per heavy atom. The van der Waals surface area contributed by atoms with E-state index < -0.39 is 12.0 Å². The molecule has 0 radical (unpaired) electrons. The summed E-state index contributed by atoms with van der Waals surface area (Å²) in [7, 11) is 0. The summed E-state index contributed by atoms with van der Waals surface area (Å²) in [6.45, 7) is 5.37. The van der Waals surface area contributed by atoms with E-state index in [0.717, 1.165) is 6.42 Å². The van der Waals surface area contributed by atoms with Crippen LogP contribution in [0.15, 0.2) is 18.2 Å². The quantitative estimate of drug-likeness (QED) is 0.525. The van der Waals surface area contributed by atoms with Gasteiger partial charge in [-0.1, -0.05) is 19.9 Å². The van der Waals surface area contributed by atoms with Crippen LogP contribution >= 0.6 is 0 Å². The van der Waals surface area contributed by atoms with Crippen LogP contribution in [0.2, 0.25) is 0 Å². The molecule has 1 aromatic rings. The van der Waals surface area contributed by atoms with Gasteiger partial charge in [-0.05, 0) is 38.3 Å². The van der Waals surface area contributed by atoms with E-state index in [4.69, 9.17) is 5.11 Å². The third-order valence-corrected chi connectivity index (χ3v) is 5.74. The second-order valence-electron chi connectivity index (χ2n) is 8.00. The average Bonchev–Trinajstić information content (AvgIpc) is 3.04. The van der Waals surface area contributed by atoms with Crippen molar-refractivity contribution >= 4 is 35.0 Å². The van der Waals surface area contributed by atoms with Gasteiger partial charge >= 0.3 is 5.97 Å². The normalized spacial score (nSPS) is 14.7. The Bertz CT molecular complexity index is 879. The standard InChI is InChI=1S/C23H30N2O6/c1-4-14(2)20(27)12-11-19(15(3)26)25-13-17-16(23(25)31)7-5-8-18(17)24-21(28)9-6-10-22(29)30/h5,7-8,14,19H,4,6,9-13H2,1-3H3,(H,24,28)(H,29,30). The van der Waals surface area contributed by atoms with Crippen molar-refractivity contribution in [2.24, 2.45) is 5.92 Å². The second kappa shape index (κ2) is 10.8. The highest BCUT2D eigenvalue weighted by atomic mass is 16.4. The van der Waals surface area contributed by atoms with Crippen molar-refractivity contribution < 1.29 is 29.1 Å². The van der Waals surface area contributed by atoms with Gasteiger partial charge in [-0.15, -0.1) is 0 Å². The molecule has 8 nitrogen and oxygen atoms in total. The Balaban J connectivity index is 2.12. The predicted molar refractivity (Wildman–Crippen MR) is 115 cm³/mol. The average molecular weight is 431 g/mol. The lowest BCUT2D eigenvalue weighted by molar-refractivity contribution is -0.137. The number of carboxylic acid groups (broad SMARTS) is 1. The summed E-state index contributed by atoms with van der Waals surface area (Å²) in [6, 6.07) is 4.29. The van der Waals surface area contributed by atoms with E-state index in [2.05, 4.69) is 5.32 Å². The summed E-state index contributed by atoms with van der Waals surface area (Å²) in [6.07, 6.45) is 1.41. The molecule has 2 unspecified atom stereocenters. The molecule has 1 heterocycles. The molecular weight excluding hydrogens is 400 g/mol. The van der Waals surface area contributed by atoms with Crippen molar-refractivity contribution in [1.29, 1.82) is 0 Å². The maximum atomic E-state index is 13.0. The Morgan fingerprint density at radius 2 is 1.87 bits per heavy atom. The maximum absolute atomic E-state index is 13.0. The second-order valence-corrected chi connectivity index (χ2v) is 8.00. The number of fused-ring (bicyclic) bond motifs is 1. The summed E-state index contributed by atoms with van der Waals surface area (Å²) >= 11 is 0. The number of nitrogens with one attached hydrogen (secondary N) is 1. The van der Waals surface area contributed by atoms with Crippen molar-refractivity contribution in [3.05, 3.63) is 29.3 Å². The first-order valence-corrected chi connectivity index (χ1v) is 10.6. The molecule has 2 N–H and O–H groups in total. The van der Waals surface area contributed by atoms with Gasteiger partial charge in [0.25, 0.3) is 5.91 Å². The number of ketones is 2. The van der Waals surface area contributed by atoms with Crippen molar-refractivity contribution in [2.45, 2.75) is 71.9 Å². The van der Waals surface area contributed by atoms with Crippen molar-refractivity contribution in [1.82, 2.24) is 4.90 Å². The van der Waals surface area contributed by atoms with Gasteiger partial charge in [0.1, 0.15) is 5.78 Å². The van der Waals surface area contributed by atoms with Crippen LogP contribution in [-0.4, -0.2) is 45.4 Å². The van der Waals surface area contributed by atoms with Crippen LogP contribution in [0.1, 0.15) is 75.2 Å². The number of hydrogen-bond acceptors (Lipinski definition) is 5. The number of aliphatic carboxylic acids is 1. The highest BCUT2D eigenvalue weighted by Gasteiger charge is 2.36. The molecule has 0 fully saturated rings.